The molecule has 0 spiro atoms. The van der Waals surface area contributed by atoms with Crippen molar-refractivity contribution in [1.82, 2.24) is 10.2 Å². The van der Waals surface area contributed by atoms with Crippen LogP contribution in [0.3, 0.4) is 0 Å². The summed E-state index contributed by atoms with van der Waals surface area (Å²) in [6.45, 7) is 10.8. The highest BCUT2D eigenvalue weighted by Crippen LogP contribution is 2.19. The second-order valence-corrected chi connectivity index (χ2v) is 6.72. The largest absolute Gasteiger partial charge is 0.465 e. The number of furan rings is 1. The number of carbonyl (C=O) groups excluding carboxylic acids is 1. The van der Waals surface area contributed by atoms with E-state index in [1.165, 1.54) is 0 Å². The molecule has 1 aromatic rings. The minimum absolute atomic E-state index is 0.202. The molecule has 118 valence electrons. The SMILES string of the molecule is Cc1ccc(CNC[C@@H]2CCN(C(=O)OC(C)(C)C)C2)o1. The van der Waals surface area contributed by atoms with Crippen molar-refractivity contribution in [1.29, 1.82) is 0 Å². The van der Waals surface area contributed by atoms with Crippen LogP contribution in [0.2, 0.25) is 0 Å². The molecule has 1 aliphatic rings. The van der Waals surface area contributed by atoms with Gasteiger partial charge in [-0.15, -0.1) is 0 Å². The summed E-state index contributed by atoms with van der Waals surface area (Å²) in [6, 6.07) is 3.96. The smallest absolute Gasteiger partial charge is 0.410 e. The molecule has 2 rings (SSSR count). The maximum absolute atomic E-state index is 12.0. The van der Waals surface area contributed by atoms with Crippen LogP contribution in [0.15, 0.2) is 16.5 Å². The fraction of sp³-hybridized carbons (Fsp3) is 0.688. The van der Waals surface area contributed by atoms with Gasteiger partial charge in [-0.05, 0) is 52.2 Å². The second-order valence-electron chi connectivity index (χ2n) is 6.72. The molecule has 5 heteroatoms. The van der Waals surface area contributed by atoms with Gasteiger partial charge in [0.05, 0.1) is 6.54 Å². The molecule has 2 heterocycles. The van der Waals surface area contributed by atoms with Crippen LogP contribution in [0.4, 0.5) is 4.79 Å². The molecule has 1 aliphatic heterocycles. The van der Waals surface area contributed by atoms with Gasteiger partial charge < -0.3 is 19.4 Å². The maximum atomic E-state index is 12.0. The second kappa shape index (κ2) is 6.52. The number of rotatable bonds is 4. The average molecular weight is 294 g/mol. The van der Waals surface area contributed by atoms with Crippen molar-refractivity contribution in [2.45, 2.75) is 46.3 Å². The number of nitrogens with one attached hydrogen (secondary N) is 1. The zero-order valence-electron chi connectivity index (χ0n) is 13.4. The highest BCUT2D eigenvalue weighted by Gasteiger charge is 2.29. The van der Waals surface area contributed by atoms with Crippen molar-refractivity contribution in [3.63, 3.8) is 0 Å². The minimum Gasteiger partial charge on any atom is -0.465 e. The van der Waals surface area contributed by atoms with E-state index in [2.05, 4.69) is 5.32 Å². The molecular formula is C16H26N2O3. The van der Waals surface area contributed by atoms with Gasteiger partial charge in [0.2, 0.25) is 0 Å². The Hall–Kier alpha value is -1.49. The Morgan fingerprint density at radius 2 is 2.24 bits per heavy atom. The summed E-state index contributed by atoms with van der Waals surface area (Å²) >= 11 is 0. The topological polar surface area (TPSA) is 54.7 Å². The Bertz CT molecular complexity index is 476. The molecule has 0 aromatic carbocycles. The van der Waals surface area contributed by atoms with E-state index in [1.807, 2.05) is 39.8 Å². The molecule has 21 heavy (non-hydrogen) atoms. The van der Waals surface area contributed by atoms with Crippen molar-refractivity contribution in [3.05, 3.63) is 23.7 Å². The Balaban J connectivity index is 1.69. The quantitative estimate of drug-likeness (QED) is 0.927. The molecule has 0 radical (unpaired) electrons. The van der Waals surface area contributed by atoms with Gasteiger partial charge in [0.15, 0.2) is 0 Å². The van der Waals surface area contributed by atoms with Crippen LogP contribution in [0, 0.1) is 12.8 Å². The Morgan fingerprint density at radius 1 is 1.48 bits per heavy atom. The Morgan fingerprint density at radius 3 is 2.86 bits per heavy atom. The highest BCUT2D eigenvalue weighted by atomic mass is 16.6. The van der Waals surface area contributed by atoms with Crippen molar-refractivity contribution < 1.29 is 13.9 Å². The van der Waals surface area contributed by atoms with Gasteiger partial charge in [-0.1, -0.05) is 0 Å². The van der Waals surface area contributed by atoms with E-state index < -0.39 is 5.60 Å². The summed E-state index contributed by atoms with van der Waals surface area (Å²) in [5.74, 6) is 2.37. The van der Waals surface area contributed by atoms with Gasteiger partial charge >= 0.3 is 6.09 Å². The first kappa shape index (κ1) is 15.9. The number of ether oxygens (including phenoxy) is 1. The van der Waals surface area contributed by atoms with Gasteiger partial charge in [-0.2, -0.15) is 0 Å². The Kier molecular flexibility index (Phi) is 4.93. The third-order valence-electron chi connectivity index (χ3n) is 3.47. The van der Waals surface area contributed by atoms with E-state index in [0.29, 0.717) is 5.92 Å². The molecule has 1 saturated heterocycles. The molecule has 1 amide bonds. The fourth-order valence-electron chi connectivity index (χ4n) is 2.47. The van der Waals surface area contributed by atoms with E-state index in [-0.39, 0.29) is 6.09 Å². The molecule has 1 fully saturated rings. The van der Waals surface area contributed by atoms with E-state index in [0.717, 1.165) is 44.1 Å². The molecule has 5 nitrogen and oxygen atoms in total. The summed E-state index contributed by atoms with van der Waals surface area (Å²) < 4.78 is 10.9. The third kappa shape index (κ3) is 5.08. The van der Waals surface area contributed by atoms with Gasteiger partial charge in [-0.3, -0.25) is 0 Å². The van der Waals surface area contributed by atoms with Crippen molar-refractivity contribution in [2.24, 2.45) is 5.92 Å². The van der Waals surface area contributed by atoms with E-state index >= 15 is 0 Å². The Labute approximate surface area is 126 Å². The molecule has 0 saturated carbocycles. The monoisotopic (exact) mass is 294 g/mol. The first-order valence-electron chi connectivity index (χ1n) is 7.57. The first-order chi connectivity index (χ1) is 9.83. The number of hydrogen-bond donors (Lipinski definition) is 1. The van der Waals surface area contributed by atoms with Gasteiger partial charge in [0.25, 0.3) is 0 Å². The van der Waals surface area contributed by atoms with Crippen LogP contribution in [0.1, 0.15) is 38.7 Å². The lowest BCUT2D eigenvalue weighted by molar-refractivity contribution is 0.0288. The summed E-state index contributed by atoms with van der Waals surface area (Å²) in [5, 5.41) is 3.39. The molecule has 0 unspecified atom stereocenters. The summed E-state index contributed by atoms with van der Waals surface area (Å²) in [4.78, 5) is 13.8. The third-order valence-corrected chi connectivity index (χ3v) is 3.47. The molecule has 0 bridgehead atoms. The standard InChI is InChI=1S/C16H26N2O3/c1-12-5-6-14(20-12)10-17-9-13-7-8-18(11-13)15(19)21-16(2,3)4/h5-6,13,17H,7-11H2,1-4H3/t13-/m0/s1. The van der Waals surface area contributed by atoms with E-state index in [4.69, 9.17) is 9.15 Å². The van der Waals surface area contributed by atoms with Crippen LogP contribution in [-0.2, 0) is 11.3 Å². The van der Waals surface area contributed by atoms with Crippen LogP contribution >= 0.6 is 0 Å². The lowest BCUT2D eigenvalue weighted by Crippen LogP contribution is -2.36. The lowest BCUT2D eigenvalue weighted by Gasteiger charge is -2.24. The van der Waals surface area contributed by atoms with Crippen LogP contribution in [-0.4, -0.2) is 36.2 Å². The van der Waals surface area contributed by atoms with Gasteiger partial charge in [0, 0.05) is 19.6 Å². The molecular weight excluding hydrogens is 268 g/mol. The minimum atomic E-state index is -0.426. The summed E-state index contributed by atoms with van der Waals surface area (Å²) in [5.41, 5.74) is -0.426. The van der Waals surface area contributed by atoms with Crippen molar-refractivity contribution >= 4 is 6.09 Å². The molecule has 1 N–H and O–H groups in total. The van der Waals surface area contributed by atoms with E-state index in [1.54, 1.807) is 4.90 Å². The molecule has 1 aromatic heterocycles. The number of nitrogens with zero attached hydrogens (tertiary/aromatic N) is 1. The summed E-state index contributed by atoms with van der Waals surface area (Å²) in [6.07, 6.45) is 0.815. The fourth-order valence-corrected chi connectivity index (χ4v) is 2.47. The highest BCUT2D eigenvalue weighted by molar-refractivity contribution is 5.68. The number of aryl methyl sites for hydroxylation is 1. The predicted octanol–water partition coefficient (Wildman–Crippen LogP) is 2.93. The number of likely N-dealkylation sites (tertiary alicyclic amines) is 1. The lowest BCUT2D eigenvalue weighted by atomic mass is 10.1. The van der Waals surface area contributed by atoms with Gasteiger partial charge in [-0.25, -0.2) is 4.79 Å². The summed E-state index contributed by atoms with van der Waals surface area (Å²) in [7, 11) is 0. The number of amides is 1. The van der Waals surface area contributed by atoms with Crippen LogP contribution < -0.4 is 5.32 Å². The van der Waals surface area contributed by atoms with Crippen LogP contribution in [0.5, 0.6) is 0 Å². The number of hydrogen-bond acceptors (Lipinski definition) is 4. The predicted molar refractivity (Wildman–Crippen MR) is 81.1 cm³/mol. The van der Waals surface area contributed by atoms with Crippen molar-refractivity contribution in [3.8, 4) is 0 Å². The normalized spacial score (nSPS) is 19.0. The van der Waals surface area contributed by atoms with Crippen molar-refractivity contribution in [2.75, 3.05) is 19.6 Å². The first-order valence-corrected chi connectivity index (χ1v) is 7.57. The molecule has 0 aliphatic carbocycles. The van der Waals surface area contributed by atoms with E-state index in [9.17, 15) is 4.79 Å². The average Bonchev–Trinajstić information content (AvgIpc) is 2.97. The number of carbonyl (C=O) groups is 1. The molecule has 1 atom stereocenters. The zero-order valence-corrected chi connectivity index (χ0v) is 13.4. The van der Waals surface area contributed by atoms with Gasteiger partial charge in [0.1, 0.15) is 17.1 Å². The zero-order chi connectivity index (χ0) is 15.5. The maximum Gasteiger partial charge on any atom is 0.410 e. The van der Waals surface area contributed by atoms with Crippen LogP contribution in [0.25, 0.3) is 0 Å².